The minimum atomic E-state index is -3.32. The monoisotopic (exact) mass is 291 g/mol. The molecule has 2 N–H and O–H groups in total. The first-order valence-electron chi connectivity index (χ1n) is 6.81. The van der Waals surface area contributed by atoms with Crippen LogP contribution in [0.4, 0.5) is 0 Å². The maximum absolute atomic E-state index is 12.0. The Balaban J connectivity index is 1.79. The average molecular weight is 291 g/mol. The van der Waals surface area contributed by atoms with Crippen LogP contribution in [-0.4, -0.2) is 44.0 Å². The smallest absolute Gasteiger partial charge is 0.306 e. The zero-order valence-corrected chi connectivity index (χ0v) is 11.7. The SMILES string of the molecule is O=C(O)C1CCC(NS(=O)(=O)CC2CCCO2)CC1. The van der Waals surface area contributed by atoms with Crippen LogP contribution in [0, 0.1) is 5.92 Å². The zero-order valence-electron chi connectivity index (χ0n) is 10.9. The molecule has 6 nitrogen and oxygen atoms in total. The lowest BCUT2D eigenvalue weighted by atomic mass is 9.87. The molecule has 0 bridgehead atoms. The Morgan fingerprint density at radius 3 is 2.42 bits per heavy atom. The molecule has 0 amide bonds. The number of aliphatic carboxylic acids is 1. The van der Waals surface area contributed by atoms with Gasteiger partial charge >= 0.3 is 5.97 Å². The van der Waals surface area contributed by atoms with Crippen molar-refractivity contribution in [3.63, 3.8) is 0 Å². The Kier molecular flexibility index (Phi) is 4.81. The summed E-state index contributed by atoms with van der Waals surface area (Å²) in [5.74, 6) is -1.08. The highest BCUT2D eigenvalue weighted by Crippen LogP contribution is 2.25. The molecule has 1 aliphatic heterocycles. The lowest BCUT2D eigenvalue weighted by molar-refractivity contribution is -0.142. The summed E-state index contributed by atoms with van der Waals surface area (Å²) in [5.41, 5.74) is 0. The number of carboxylic acids is 1. The van der Waals surface area contributed by atoms with E-state index in [-0.39, 0.29) is 23.8 Å². The number of sulfonamides is 1. The molecule has 1 saturated carbocycles. The van der Waals surface area contributed by atoms with Gasteiger partial charge in [-0.1, -0.05) is 0 Å². The molecule has 1 saturated heterocycles. The van der Waals surface area contributed by atoms with Crippen LogP contribution in [0.25, 0.3) is 0 Å². The molecule has 0 aromatic rings. The third kappa shape index (κ3) is 4.43. The van der Waals surface area contributed by atoms with Crippen molar-refractivity contribution in [2.75, 3.05) is 12.4 Å². The number of rotatable bonds is 5. The lowest BCUT2D eigenvalue weighted by Crippen LogP contribution is -2.41. The van der Waals surface area contributed by atoms with Crippen LogP contribution < -0.4 is 4.72 Å². The number of carboxylic acid groups (broad SMARTS) is 1. The summed E-state index contributed by atoms with van der Waals surface area (Å²) in [6, 6.07) is -0.123. The summed E-state index contributed by atoms with van der Waals surface area (Å²) in [5, 5.41) is 8.89. The third-order valence-electron chi connectivity index (χ3n) is 3.85. The van der Waals surface area contributed by atoms with Crippen molar-refractivity contribution < 1.29 is 23.1 Å². The number of hydrogen-bond acceptors (Lipinski definition) is 4. The summed E-state index contributed by atoms with van der Waals surface area (Å²) >= 11 is 0. The molecule has 2 aliphatic rings. The van der Waals surface area contributed by atoms with Gasteiger partial charge in [-0.15, -0.1) is 0 Å². The van der Waals surface area contributed by atoms with Crippen molar-refractivity contribution in [3.05, 3.63) is 0 Å². The second kappa shape index (κ2) is 6.19. The number of carbonyl (C=O) groups is 1. The van der Waals surface area contributed by atoms with E-state index in [0.717, 1.165) is 12.8 Å². The van der Waals surface area contributed by atoms with E-state index < -0.39 is 16.0 Å². The second-order valence-corrected chi connectivity index (χ2v) is 7.22. The molecule has 2 rings (SSSR count). The molecule has 0 radical (unpaired) electrons. The van der Waals surface area contributed by atoms with Gasteiger partial charge in [0.05, 0.1) is 17.8 Å². The molecule has 0 aromatic carbocycles. The number of hydrogen-bond donors (Lipinski definition) is 2. The molecular weight excluding hydrogens is 270 g/mol. The van der Waals surface area contributed by atoms with E-state index >= 15 is 0 Å². The van der Waals surface area contributed by atoms with Gasteiger partial charge in [-0.2, -0.15) is 0 Å². The van der Waals surface area contributed by atoms with Gasteiger partial charge < -0.3 is 9.84 Å². The van der Waals surface area contributed by atoms with Crippen LogP contribution >= 0.6 is 0 Å². The summed E-state index contributed by atoms with van der Waals surface area (Å²) in [6.45, 7) is 0.643. The highest BCUT2D eigenvalue weighted by atomic mass is 32.2. The minimum Gasteiger partial charge on any atom is -0.481 e. The minimum absolute atomic E-state index is 0.0197. The van der Waals surface area contributed by atoms with E-state index in [1.807, 2.05) is 0 Å². The first-order valence-corrected chi connectivity index (χ1v) is 8.46. The van der Waals surface area contributed by atoms with Gasteiger partial charge in [0.15, 0.2) is 0 Å². The molecular formula is C12H21NO5S. The lowest BCUT2D eigenvalue weighted by Gasteiger charge is -2.27. The molecule has 1 heterocycles. The highest BCUT2D eigenvalue weighted by molar-refractivity contribution is 7.89. The predicted octanol–water partition coefficient (Wildman–Crippen LogP) is 0.728. The van der Waals surface area contributed by atoms with Crippen LogP contribution in [0.1, 0.15) is 38.5 Å². The number of ether oxygens (including phenoxy) is 1. The van der Waals surface area contributed by atoms with E-state index in [0.29, 0.717) is 32.3 Å². The van der Waals surface area contributed by atoms with Crippen molar-refractivity contribution in [1.82, 2.24) is 4.72 Å². The molecule has 1 atom stereocenters. The molecule has 1 aliphatic carbocycles. The fourth-order valence-electron chi connectivity index (χ4n) is 2.78. The van der Waals surface area contributed by atoms with Crippen molar-refractivity contribution in [2.24, 2.45) is 5.92 Å². The first-order chi connectivity index (χ1) is 8.96. The van der Waals surface area contributed by atoms with Gasteiger partial charge in [-0.3, -0.25) is 4.79 Å². The predicted molar refractivity (Wildman–Crippen MR) is 69.3 cm³/mol. The van der Waals surface area contributed by atoms with E-state index in [1.165, 1.54) is 0 Å². The van der Waals surface area contributed by atoms with Crippen LogP contribution in [-0.2, 0) is 19.6 Å². The summed E-state index contributed by atoms with van der Waals surface area (Å²) in [6.07, 6.45) is 3.82. The van der Waals surface area contributed by atoms with Gasteiger partial charge in [0.25, 0.3) is 0 Å². The molecule has 19 heavy (non-hydrogen) atoms. The maximum atomic E-state index is 12.0. The van der Waals surface area contributed by atoms with E-state index in [2.05, 4.69) is 4.72 Å². The Morgan fingerprint density at radius 1 is 1.21 bits per heavy atom. The van der Waals surface area contributed by atoms with Crippen molar-refractivity contribution in [1.29, 1.82) is 0 Å². The maximum Gasteiger partial charge on any atom is 0.306 e. The summed E-state index contributed by atoms with van der Waals surface area (Å²) in [4.78, 5) is 10.8. The molecule has 7 heteroatoms. The Bertz CT molecular complexity index is 408. The normalized spacial score (nSPS) is 32.3. The fraction of sp³-hybridized carbons (Fsp3) is 0.917. The summed E-state index contributed by atoms with van der Waals surface area (Å²) in [7, 11) is -3.32. The quantitative estimate of drug-likeness (QED) is 0.779. The van der Waals surface area contributed by atoms with Crippen LogP contribution in [0.2, 0.25) is 0 Å². The van der Waals surface area contributed by atoms with Crippen molar-refractivity contribution in [2.45, 2.75) is 50.7 Å². The molecule has 0 spiro atoms. The standard InChI is InChI=1S/C12H21NO5S/c14-12(15)9-3-5-10(6-4-9)13-19(16,17)8-11-2-1-7-18-11/h9-11,13H,1-8H2,(H,14,15). The van der Waals surface area contributed by atoms with Crippen LogP contribution in [0.5, 0.6) is 0 Å². The van der Waals surface area contributed by atoms with Gasteiger partial charge in [0.2, 0.25) is 10.0 Å². The van der Waals surface area contributed by atoms with Gasteiger partial charge in [-0.05, 0) is 38.5 Å². The van der Waals surface area contributed by atoms with Gasteiger partial charge in [0, 0.05) is 12.6 Å². The van der Waals surface area contributed by atoms with Gasteiger partial charge in [0.1, 0.15) is 0 Å². The topological polar surface area (TPSA) is 92.7 Å². The molecule has 2 fully saturated rings. The molecule has 1 unspecified atom stereocenters. The first kappa shape index (κ1) is 14.7. The van der Waals surface area contributed by atoms with Crippen molar-refractivity contribution in [3.8, 4) is 0 Å². The summed E-state index contributed by atoms with van der Waals surface area (Å²) < 4.78 is 31.9. The Morgan fingerprint density at radius 2 is 1.89 bits per heavy atom. The highest BCUT2D eigenvalue weighted by Gasteiger charge is 2.30. The Hall–Kier alpha value is -0.660. The van der Waals surface area contributed by atoms with Crippen molar-refractivity contribution >= 4 is 16.0 Å². The Labute approximate surface area is 113 Å². The van der Waals surface area contributed by atoms with E-state index in [4.69, 9.17) is 9.84 Å². The zero-order chi connectivity index (χ0) is 13.9. The average Bonchev–Trinajstić information content (AvgIpc) is 2.81. The second-order valence-electron chi connectivity index (χ2n) is 5.42. The largest absolute Gasteiger partial charge is 0.481 e. The van der Waals surface area contributed by atoms with Crippen LogP contribution in [0.3, 0.4) is 0 Å². The van der Waals surface area contributed by atoms with Crippen LogP contribution in [0.15, 0.2) is 0 Å². The number of nitrogens with one attached hydrogen (secondary N) is 1. The molecule has 110 valence electrons. The van der Waals surface area contributed by atoms with Gasteiger partial charge in [-0.25, -0.2) is 13.1 Å². The molecule has 0 aromatic heterocycles. The van der Waals surface area contributed by atoms with E-state index in [1.54, 1.807) is 0 Å². The van der Waals surface area contributed by atoms with E-state index in [9.17, 15) is 13.2 Å². The fourth-order valence-corrected chi connectivity index (χ4v) is 4.37. The third-order valence-corrected chi connectivity index (χ3v) is 5.36.